The number of aromatic amines is 1. The Labute approximate surface area is 68.1 Å². The second kappa shape index (κ2) is 2.47. The van der Waals surface area contributed by atoms with Crippen LogP contribution in [-0.4, -0.2) is 15.0 Å². The normalized spacial score (nSPS) is 10.3. The van der Waals surface area contributed by atoms with Crippen LogP contribution in [0.1, 0.15) is 5.69 Å². The maximum absolute atomic E-state index is 4.13. The van der Waals surface area contributed by atoms with E-state index in [2.05, 4.69) is 15.0 Å². The summed E-state index contributed by atoms with van der Waals surface area (Å²) in [6, 6.07) is 0. The van der Waals surface area contributed by atoms with E-state index in [0.717, 1.165) is 16.4 Å². The molecular weight excluding hydrogens is 158 g/mol. The van der Waals surface area contributed by atoms with Gasteiger partial charge in [0.2, 0.25) is 0 Å². The molecule has 0 atom stereocenters. The zero-order chi connectivity index (χ0) is 7.68. The third-order valence-electron chi connectivity index (χ3n) is 1.46. The van der Waals surface area contributed by atoms with E-state index < -0.39 is 0 Å². The Morgan fingerprint density at radius 1 is 1.45 bits per heavy atom. The van der Waals surface area contributed by atoms with Gasteiger partial charge in [-0.3, -0.25) is 0 Å². The largest absolute Gasteiger partial charge is 0.344 e. The summed E-state index contributed by atoms with van der Waals surface area (Å²) >= 11 is 1.60. The molecule has 0 unspecified atom stereocenters. The van der Waals surface area contributed by atoms with E-state index >= 15 is 0 Å². The smallest absolute Gasteiger partial charge is 0.149 e. The quantitative estimate of drug-likeness (QED) is 0.700. The maximum Gasteiger partial charge on any atom is 0.149 e. The zero-order valence-electron chi connectivity index (χ0n) is 6.03. The van der Waals surface area contributed by atoms with Crippen molar-refractivity contribution in [2.45, 2.75) is 6.92 Å². The minimum Gasteiger partial charge on any atom is -0.344 e. The summed E-state index contributed by atoms with van der Waals surface area (Å²) < 4.78 is 0. The standard InChI is InChI=1S/C7H7N3S/c1-5-6(11-4-10-5)7-8-2-3-9-7/h2-4H,1H3,(H,8,9). The first-order valence-corrected chi connectivity index (χ1v) is 4.16. The van der Waals surface area contributed by atoms with Crippen molar-refractivity contribution in [3.8, 4) is 10.7 Å². The number of nitrogens with one attached hydrogen (secondary N) is 1. The molecule has 0 aliphatic rings. The number of hydrogen-bond acceptors (Lipinski definition) is 3. The van der Waals surface area contributed by atoms with Crippen molar-refractivity contribution in [3.05, 3.63) is 23.6 Å². The van der Waals surface area contributed by atoms with Gasteiger partial charge < -0.3 is 4.98 Å². The van der Waals surface area contributed by atoms with Gasteiger partial charge in [0, 0.05) is 12.4 Å². The van der Waals surface area contributed by atoms with Crippen molar-refractivity contribution in [1.82, 2.24) is 15.0 Å². The molecule has 0 saturated carbocycles. The summed E-state index contributed by atoms with van der Waals surface area (Å²) in [5.74, 6) is 0.907. The van der Waals surface area contributed by atoms with Crippen LogP contribution in [0.3, 0.4) is 0 Å². The van der Waals surface area contributed by atoms with Crippen LogP contribution in [0.25, 0.3) is 10.7 Å². The minimum atomic E-state index is 0.907. The average molecular weight is 165 g/mol. The Balaban J connectivity index is 2.53. The van der Waals surface area contributed by atoms with Gasteiger partial charge >= 0.3 is 0 Å². The van der Waals surface area contributed by atoms with Gasteiger partial charge in [-0.15, -0.1) is 11.3 Å². The van der Waals surface area contributed by atoms with Crippen LogP contribution in [0.4, 0.5) is 0 Å². The molecule has 56 valence electrons. The van der Waals surface area contributed by atoms with E-state index in [1.807, 2.05) is 18.6 Å². The van der Waals surface area contributed by atoms with Crippen LogP contribution < -0.4 is 0 Å². The molecule has 2 rings (SSSR count). The summed E-state index contributed by atoms with van der Waals surface area (Å²) in [4.78, 5) is 12.4. The lowest BCUT2D eigenvalue weighted by Crippen LogP contribution is -1.78. The van der Waals surface area contributed by atoms with Crippen LogP contribution in [0.5, 0.6) is 0 Å². The number of hydrogen-bond donors (Lipinski definition) is 1. The third kappa shape index (κ3) is 1.05. The third-order valence-corrected chi connectivity index (χ3v) is 2.39. The number of H-pyrrole nitrogens is 1. The molecule has 2 aromatic heterocycles. The fourth-order valence-corrected chi connectivity index (χ4v) is 1.68. The van der Waals surface area contributed by atoms with Crippen molar-refractivity contribution < 1.29 is 0 Å². The number of aryl methyl sites for hydroxylation is 1. The highest BCUT2D eigenvalue weighted by Crippen LogP contribution is 2.22. The average Bonchev–Trinajstić information content (AvgIpc) is 2.55. The summed E-state index contributed by atoms with van der Waals surface area (Å²) in [7, 11) is 0. The number of nitrogens with zero attached hydrogens (tertiary/aromatic N) is 2. The highest BCUT2D eigenvalue weighted by atomic mass is 32.1. The summed E-state index contributed by atoms with van der Waals surface area (Å²) in [6.45, 7) is 1.98. The first-order chi connectivity index (χ1) is 5.38. The van der Waals surface area contributed by atoms with Crippen molar-refractivity contribution >= 4 is 11.3 Å². The van der Waals surface area contributed by atoms with E-state index in [-0.39, 0.29) is 0 Å². The molecule has 2 aromatic rings. The monoisotopic (exact) mass is 165 g/mol. The number of rotatable bonds is 1. The predicted octanol–water partition coefficient (Wildman–Crippen LogP) is 1.84. The molecule has 0 aliphatic heterocycles. The lowest BCUT2D eigenvalue weighted by Gasteiger charge is -1.89. The fraction of sp³-hybridized carbons (Fsp3) is 0.143. The van der Waals surface area contributed by atoms with E-state index in [4.69, 9.17) is 0 Å². The van der Waals surface area contributed by atoms with Gasteiger partial charge in [0.1, 0.15) is 5.82 Å². The van der Waals surface area contributed by atoms with Crippen molar-refractivity contribution in [2.24, 2.45) is 0 Å². The molecule has 0 fully saturated rings. The van der Waals surface area contributed by atoms with Crippen LogP contribution in [0.2, 0.25) is 0 Å². The number of thiazole rings is 1. The van der Waals surface area contributed by atoms with Gasteiger partial charge in [0.15, 0.2) is 0 Å². The summed E-state index contributed by atoms with van der Waals surface area (Å²) in [6.07, 6.45) is 3.56. The van der Waals surface area contributed by atoms with E-state index in [9.17, 15) is 0 Å². The van der Waals surface area contributed by atoms with Crippen molar-refractivity contribution in [1.29, 1.82) is 0 Å². The molecule has 0 saturated heterocycles. The SMILES string of the molecule is Cc1ncsc1-c1ncc[nH]1. The van der Waals surface area contributed by atoms with Crippen LogP contribution in [0, 0.1) is 6.92 Å². The molecule has 11 heavy (non-hydrogen) atoms. The second-order valence-electron chi connectivity index (χ2n) is 2.20. The van der Waals surface area contributed by atoms with E-state index in [1.165, 1.54) is 0 Å². The molecule has 2 heterocycles. The lowest BCUT2D eigenvalue weighted by atomic mass is 10.4. The molecule has 0 aromatic carbocycles. The molecule has 4 heteroatoms. The summed E-state index contributed by atoms with van der Waals surface area (Å²) in [5.41, 5.74) is 2.86. The van der Waals surface area contributed by atoms with Gasteiger partial charge in [-0.25, -0.2) is 9.97 Å². The Hall–Kier alpha value is -1.16. The molecule has 0 amide bonds. The van der Waals surface area contributed by atoms with Gasteiger partial charge in [-0.05, 0) is 6.92 Å². The van der Waals surface area contributed by atoms with Crippen molar-refractivity contribution in [3.63, 3.8) is 0 Å². The molecule has 0 radical (unpaired) electrons. The highest BCUT2D eigenvalue weighted by molar-refractivity contribution is 7.13. The number of imidazole rings is 1. The van der Waals surface area contributed by atoms with Gasteiger partial charge in [-0.2, -0.15) is 0 Å². The maximum atomic E-state index is 4.13. The van der Waals surface area contributed by atoms with Crippen LogP contribution in [-0.2, 0) is 0 Å². The molecule has 1 N–H and O–H groups in total. The predicted molar refractivity (Wildman–Crippen MR) is 44.4 cm³/mol. The first-order valence-electron chi connectivity index (χ1n) is 3.28. The van der Waals surface area contributed by atoms with Crippen molar-refractivity contribution in [2.75, 3.05) is 0 Å². The second-order valence-corrected chi connectivity index (χ2v) is 3.06. The number of aromatic nitrogens is 3. The van der Waals surface area contributed by atoms with Crippen LogP contribution >= 0.6 is 11.3 Å². The first kappa shape index (κ1) is 6.54. The van der Waals surface area contributed by atoms with E-state index in [0.29, 0.717) is 0 Å². The summed E-state index contributed by atoms with van der Waals surface area (Å²) in [5, 5.41) is 0. The highest BCUT2D eigenvalue weighted by Gasteiger charge is 2.04. The Bertz CT molecular complexity index is 336. The topological polar surface area (TPSA) is 41.6 Å². The van der Waals surface area contributed by atoms with Gasteiger partial charge in [0.05, 0.1) is 16.1 Å². The van der Waals surface area contributed by atoms with E-state index in [1.54, 1.807) is 17.5 Å². The minimum absolute atomic E-state index is 0.907. The molecular formula is C7H7N3S. The fourth-order valence-electron chi connectivity index (χ4n) is 0.919. The Kier molecular flexibility index (Phi) is 1.47. The van der Waals surface area contributed by atoms with Crippen LogP contribution in [0.15, 0.2) is 17.9 Å². The van der Waals surface area contributed by atoms with Gasteiger partial charge in [-0.1, -0.05) is 0 Å². The Morgan fingerprint density at radius 2 is 2.36 bits per heavy atom. The Morgan fingerprint density at radius 3 is 2.91 bits per heavy atom. The van der Waals surface area contributed by atoms with Gasteiger partial charge in [0.25, 0.3) is 0 Å². The molecule has 3 nitrogen and oxygen atoms in total. The zero-order valence-corrected chi connectivity index (χ0v) is 6.85. The molecule has 0 aliphatic carbocycles. The lowest BCUT2D eigenvalue weighted by molar-refractivity contribution is 1.24. The molecule has 0 bridgehead atoms. The molecule has 0 spiro atoms.